The fraction of sp³-hybridized carbons (Fsp3) is 0.167. The monoisotopic (exact) mass is 417 g/mol. The summed E-state index contributed by atoms with van der Waals surface area (Å²) in [6, 6.07) is 10.2. The van der Waals surface area contributed by atoms with E-state index < -0.39 is 5.82 Å². The van der Waals surface area contributed by atoms with Crippen molar-refractivity contribution in [2.75, 3.05) is 23.8 Å². The van der Waals surface area contributed by atoms with Crippen LogP contribution in [0.3, 0.4) is 0 Å². The molecule has 3 N–H and O–H groups in total. The zero-order valence-corrected chi connectivity index (χ0v) is 15.4. The summed E-state index contributed by atoms with van der Waals surface area (Å²) in [5, 5.41) is 15.0. The number of anilines is 3. The number of pyridine rings is 1. The zero-order valence-electron chi connectivity index (χ0n) is 13.8. The van der Waals surface area contributed by atoms with E-state index in [0.717, 1.165) is 5.56 Å². The van der Waals surface area contributed by atoms with Crippen LogP contribution in [0.1, 0.15) is 6.42 Å². The van der Waals surface area contributed by atoms with Gasteiger partial charge in [0, 0.05) is 41.6 Å². The van der Waals surface area contributed by atoms with Gasteiger partial charge >= 0.3 is 0 Å². The van der Waals surface area contributed by atoms with Gasteiger partial charge in [-0.05, 0) is 36.8 Å². The number of nitrogens with zero attached hydrogens (tertiary/aromatic N) is 3. The molecule has 0 saturated heterocycles. The summed E-state index contributed by atoms with van der Waals surface area (Å²) >= 11 is 3.24. The first kappa shape index (κ1) is 18.2. The van der Waals surface area contributed by atoms with Crippen molar-refractivity contribution < 1.29 is 9.50 Å². The second-order valence-corrected chi connectivity index (χ2v) is 6.37. The summed E-state index contributed by atoms with van der Waals surface area (Å²) < 4.78 is 14.8. The highest BCUT2D eigenvalue weighted by Gasteiger charge is 2.09. The maximum Gasteiger partial charge on any atom is 0.225 e. The Labute approximate surface area is 158 Å². The molecule has 0 fully saturated rings. The minimum absolute atomic E-state index is 0.0739. The summed E-state index contributed by atoms with van der Waals surface area (Å²) in [7, 11) is 0. The fourth-order valence-corrected chi connectivity index (χ4v) is 2.59. The number of aromatic nitrogens is 3. The average Bonchev–Trinajstić information content (AvgIpc) is 2.65. The second kappa shape index (κ2) is 8.68. The molecule has 0 aliphatic rings. The van der Waals surface area contributed by atoms with Crippen molar-refractivity contribution >= 4 is 33.4 Å². The Morgan fingerprint density at radius 2 is 2.04 bits per heavy atom. The van der Waals surface area contributed by atoms with Crippen molar-refractivity contribution in [3.05, 3.63) is 59.1 Å². The van der Waals surface area contributed by atoms with Gasteiger partial charge < -0.3 is 15.7 Å². The quantitative estimate of drug-likeness (QED) is 0.504. The van der Waals surface area contributed by atoms with Gasteiger partial charge in [-0.15, -0.1) is 0 Å². The standard InChI is InChI=1S/C18H17BrFN5O/c19-13-4-5-15(14(20)9-13)23-17-10-16(12-3-1-6-21-11-12)24-18(25-17)22-7-2-8-26/h1,3-6,9-11,26H,2,7-8H2,(H2,22,23,24,25). The van der Waals surface area contributed by atoms with E-state index in [1.807, 2.05) is 12.1 Å². The SMILES string of the molecule is OCCCNc1nc(Nc2ccc(Br)cc2F)cc(-c2cccnc2)n1. The Morgan fingerprint density at radius 3 is 2.77 bits per heavy atom. The van der Waals surface area contributed by atoms with E-state index >= 15 is 0 Å². The van der Waals surface area contributed by atoms with Gasteiger partial charge in [-0.25, -0.2) is 9.37 Å². The van der Waals surface area contributed by atoms with E-state index in [-0.39, 0.29) is 6.61 Å². The van der Waals surface area contributed by atoms with Crippen LogP contribution in [-0.4, -0.2) is 33.2 Å². The molecule has 0 radical (unpaired) electrons. The first-order chi connectivity index (χ1) is 12.7. The molecule has 0 atom stereocenters. The van der Waals surface area contributed by atoms with Crippen molar-refractivity contribution in [3.8, 4) is 11.3 Å². The Hall–Kier alpha value is -2.58. The van der Waals surface area contributed by atoms with Crippen LogP contribution in [0, 0.1) is 5.82 Å². The molecule has 0 unspecified atom stereocenters. The van der Waals surface area contributed by atoms with Crippen LogP contribution in [0.5, 0.6) is 0 Å². The van der Waals surface area contributed by atoms with Gasteiger partial charge in [0.2, 0.25) is 5.95 Å². The second-order valence-electron chi connectivity index (χ2n) is 5.46. The molecule has 3 rings (SSSR count). The lowest BCUT2D eigenvalue weighted by Crippen LogP contribution is -2.09. The smallest absolute Gasteiger partial charge is 0.225 e. The van der Waals surface area contributed by atoms with E-state index in [4.69, 9.17) is 5.11 Å². The van der Waals surface area contributed by atoms with Crippen LogP contribution in [0.2, 0.25) is 0 Å². The van der Waals surface area contributed by atoms with Crippen LogP contribution in [0.4, 0.5) is 21.8 Å². The Balaban J connectivity index is 1.93. The molecule has 2 heterocycles. The van der Waals surface area contributed by atoms with Crippen LogP contribution >= 0.6 is 15.9 Å². The number of hydrogen-bond acceptors (Lipinski definition) is 6. The van der Waals surface area contributed by atoms with Crippen LogP contribution in [0.25, 0.3) is 11.3 Å². The van der Waals surface area contributed by atoms with Crippen LogP contribution < -0.4 is 10.6 Å². The fourth-order valence-electron chi connectivity index (χ4n) is 2.26. The van der Waals surface area contributed by atoms with Crippen molar-refractivity contribution in [3.63, 3.8) is 0 Å². The largest absolute Gasteiger partial charge is 0.396 e. The van der Waals surface area contributed by atoms with Gasteiger partial charge in [0.05, 0.1) is 11.4 Å². The van der Waals surface area contributed by atoms with Crippen molar-refractivity contribution in [1.29, 1.82) is 0 Å². The molecule has 6 nitrogen and oxygen atoms in total. The number of rotatable bonds is 7. The number of aliphatic hydroxyl groups is 1. The molecule has 134 valence electrons. The Bertz CT molecular complexity index is 879. The average molecular weight is 418 g/mol. The minimum Gasteiger partial charge on any atom is -0.396 e. The molecule has 8 heteroatoms. The third-order valence-corrected chi connectivity index (χ3v) is 3.99. The van der Waals surface area contributed by atoms with E-state index in [9.17, 15) is 4.39 Å². The number of halogens is 2. The third kappa shape index (κ3) is 4.74. The van der Waals surface area contributed by atoms with Gasteiger partial charge in [0.15, 0.2) is 0 Å². The Morgan fingerprint density at radius 1 is 1.15 bits per heavy atom. The van der Waals surface area contributed by atoms with Gasteiger partial charge in [-0.1, -0.05) is 15.9 Å². The minimum atomic E-state index is -0.393. The summed E-state index contributed by atoms with van der Waals surface area (Å²) in [6.07, 6.45) is 3.95. The van der Waals surface area contributed by atoms with Crippen molar-refractivity contribution in [1.82, 2.24) is 15.0 Å². The highest BCUT2D eigenvalue weighted by molar-refractivity contribution is 9.10. The normalized spacial score (nSPS) is 10.6. The highest BCUT2D eigenvalue weighted by Crippen LogP contribution is 2.26. The van der Waals surface area contributed by atoms with Crippen molar-refractivity contribution in [2.45, 2.75) is 6.42 Å². The van der Waals surface area contributed by atoms with E-state index in [2.05, 4.69) is 41.5 Å². The predicted molar refractivity (Wildman–Crippen MR) is 103 cm³/mol. The number of nitrogens with one attached hydrogen (secondary N) is 2. The summed E-state index contributed by atoms with van der Waals surface area (Å²) in [5.74, 6) is 0.446. The first-order valence-corrected chi connectivity index (χ1v) is 8.81. The lowest BCUT2D eigenvalue weighted by molar-refractivity contribution is 0.292. The molecule has 0 amide bonds. The summed E-state index contributed by atoms with van der Waals surface area (Å²) in [4.78, 5) is 12.9. The molecule has 26 heavy (non-hydrogen) atoms. The molecule has 0 aliphatic carbocycles. The van der Waals surface area contributed by atoms with Gasteiger partial charge in [0.25, 0.3) is 0 Å². The molecule has 2 aromatic heterocycles. The summed E-state index contributed by atoms with van der Waals surface area (Å²) in [6.45, 7) is 0.601. The summed E-state index contributed by atoms with van der Waals surface area (Å²) in [5.41, 5.74) is 1.78. The number of benzene rings is 1. The molecular weight excluding hydrogens is 401 g/mol. The zero-order chi connectivity index (χ0) is 18.4. The molecule has 1 aromatic carbocycles. The Kier molecular flexibility index (Phi) is 6.08. The van der Waals surface area contributed by atoms with Crippen LogP contribution in [-0.2, 0) is 0 Å². The number of hydrogen-bond donors (Lipinski definition) is 3. The molecule has 0 saturated carbocycles. The van der Waals surface area contributed by atoms with E-state index in [1.165, 1.54) is 6.07 Å². The maximum atomic E-state index is 14.1. The lowest BCUT2D eigenvalue weighted by Gasteiger charge is -2.12. The van der Waals surface area contributed by atoms with Crippen LogP contribution in [0.15, 0.2) is 53.3 Å². The molecular formula is C18H17BrFN5O. The van der Waals surface area contributed by atoms with Crippen molar-refractivity contribution in [2.24, 2.45) is 0 Å². The molecule has 0 aliphatic heterocycles. The van der Waals surface area contributed by atoms with Gasteiger partial charge in [0.1, 0.15) is 11.6 Å². The van der Waals surface area contributed by atoms with E-state index in [1.54, 1.807) is 30.6 Å². The van der Waals surface area contributed by atoms with Gasteiger partial charge in [-0.3, -0.25) is 4.98 Å². The first-order valence-electron chi connectivity index (χ1n) is 8.02. The lowest BCUT2D eigenvalue weighted by atomic mass is 10.2. The van der Waals surface area contributed by atoms with Gasteiger partial charge in [-0.2, -0.15) is 4.98 Å². The topological polar surface area (TPSA) is 83.0 Å². The molecule has 3 aromatic rings. The number of aliphatic hydroxyl groups excluding tert-OH is 1. The highest BCUT2D eigenvalue weighted by atomic mass is 79.9. The third-order valence-electron chi connectivity index (χ3n) is 3.50. The molecule has 0 spiro atoms. The predicted octanol–water partition coefficient (Wildman–Crippen LogP) is 3.98. The molecule has 0 bridgehead atoms. The van der Waals surface area contributed by atoms with E-state index in [0.29, 0.717) is 40.6 Å². The maximum absolute atomic E-state index is 14.1.